The Labute approximate surface area is 143 Å². The van der Waals surface area contributed by atoms with Crippen LogP contribution in [0.4, 0.5) is 0 Å². The molecule has 24 heavy (non-hydrogen) atoms. The number of hydrogen-bond acceptors (Lipinski definition) is 0. The second kappa shape index (κ2) is 5.49. The van der Waals surface area contributed by atoms with Crippen LogP contribution >= 0.6 is 0 Å². The van der Waals surface area contributed by atoms with Crippen LogP contribution in [-0.4, -0.2) is 0 Å². The molecule has 0 heterocycles. The average molecular weight is 308 g/mol. The maximum Gasteiger partial charge on any atom is -0.0181 e. The van der Waals surface area contributed by atoms with E-state index in [1.165, 1.54) is 44.5 Å². The molecule has 0 heteroatoms. The van der Waals surface area contributed by atoms with Crippen molar-refractivity contribution in [2.24, 2.45) is 0 Å². The zero-order valence-corrected chi connectivity index (χ0v) is 13.8. The van der Waals surface area contributed by atoms with Gasteiger partial charge in [-0.1, -0.05) is 72.8 Å². The van der Waals surface area contributed by atoms with Crippen LogP contribution in [0.1, 0.15) is 22.3 Å². The summed E-state index contributed by atoms with van der Waals surface area (Å²) in [5.41, 5.74) is 11.2. The van der Waals surface area contributed by atoms with Gasteiger partial charge in [-0.25, -0.2) is 0 Å². The van der Waals surface area contributed by atoms with Crippen LogP contribution in [0.2, 0.25) is 0 Å². The first-order chi connectivity index (χ1) is 11.8. The molecule has 0 aliphatic heterocycles. The van der Waals surface area contributed by atoms with Gasteiger partial charge in [0.25, 0.3) is 0 Å². The predicted molar refractivity (Wildman–Crippen MR) is 101 cm³/mol. The van der Waals surface area contributed by atoms with Crippen molar-refractivity contribution in [2.75, 3.05) is 0 Å². The topological polar surface area (TPSA) is 0 Å². The summed E-state index contributed by atoms with van der Waals surface area (Å²) in [4.78, 5) is 0. The molecule has 0 unspecified atom stereocenters. The molecule has 0 aromatic carbocycles. The van der Waals surface area contributed by atoms with Crippen molar-refractivity contribution in [1.82, 2.24) is 0 Å². The molecule has 0 saturated heterocycles. The summed E-state index contributed by atoms with van der Waals surface area (Å²) in [5.74, 6) is 0. The van der Waals surface area contributed by atoms with E-state index in [2.05, 4.69) is 72.8 Å². The minimum atomic E-state index is 1.10. The zero-order chi connectivity index (χ0) is 15.9. The Morgan fingerprint density at radius 2 is 0.625 bits per heavy atom. The average Bonchev–Trinajstić information content (AvgIpc) is 3.05. The van der Waals surface area contributed by atoms with Gasteiger partial charge < -0.3 is 0 Å². The van der Waals surface area contributed by atoms with Gasteiger partial charge in [0.05, 0.1) is 0 Å². The van der Waals surface area contributed by atoms with E-state index in [0.29, 0.717) is 0 Å². The molecule has 0 radical (unpaired) electrons. The summed E-state index contributed by atoms with van der Waals surface area (Å²) in [6.45, 7) is 0. The smallest absolute Gasteiger partial charge is 0.0181 e. The van der Waals surface area contributed by atoms with Crippen LogP contribution in [0.25, 0.3) is 22.3 Å². The standard InChI is InChI=1S/C24H20/c1-3-19-13-23-11-7-18(8-12-24(23)14-19)2-4-20-15-21-9-5-17(1)6-10-22(21)16-20/h5-16H,1-4H2. The lowest BCUT2D eigenvalue weighted by atomic mass is 10.1. The quantitative estimate of drug-likeness (QED) is 0.386. The highest BCUT2D eigenvalue weighted by molar-refractivity contribution is 5.69. The van der Waals surface area contributed by atoms with Crippen molar-refractivity contribution in [3.05, 3.63) is 95.1 Å². The number of hydrogen-bond donors (Lipinski definition) is 0. The van der Waals surface area contributed by atoms with Crippen molar-refractivity contribution in [2.45, 2.75) is 25.7 Å². The molecule has 0 nitrogen and oxygen atoms in total. The van der Waals surface area contributed by atoms with Crippen LogP contribution in [-0.2, 0) is 25.7 Å². The van der Waals surface area contributed by atoms with Crippen LogP contribution in [0.15, 0.2) is 72.8 Å². The van der Waals surface area contributed by atoms with E-state index in [9.17, 15) is 0 Å². The molecule has 0 amide bonds. The fraction of sp³-hybridized carbons (Fsp3) is 0.167. The zero-order valence-electron chi connectivity index (χ0n) is 13.8. The van der Waals surface area contributed by atoms with E-state index in [1.54, 1.807) is 0 Å². The fourth-order valence-electron chi connectivity index (χ4n) is 3.89. The van der Waals surface area contributed by atoms with Crippen molar-refractivity contribution in [1.29, 1.82) is 0 Å². The van der Waals surface area contributed by atoms with Gasteiger partial charge in [0.2, 0.25) is 0 Å². The summed E-state index contributed by atoms with van der Waals surface area (Å²) in [6, 6.07) is 27.8. The third-order valence-corrected chi connectivity index (χ3v) is 5.34. The highest BCUT2D eigenvalue weighted by Gasteiger charge is 2.09. The third kappa shape index (κ3) is 2.49. The Hall–Kier alpha value is -2.60. The first-order valence-corrected chi connectivity index (χ1v) is 8.87. The Kier molecular flexibility index (Phi) is 3.16. The first-order valence-electron chi connectivity index (χ1n) is 8.87. The molecule has 8 rings (SSSR count). The largest absolute Gasteiger partial charge is 0.0584 e. The summed E-state index contributed by atoms with van der Waals surface area (Å²) in [6.07, 6.45) is 4.39. The number of aryl methyl sites for hydroxylation is 4. The van der Waals surface area contributed by atoms with E-state index in [1.807, 2.05) is 0 Å². The molecule has 0 N–H and O–H groups in total. The molecule has 8 aliphatic rings. The molecule has 8 bridgehead atoms. The van der Waals surface area contributed by atoms with Gasteiger partial charge >= 0.3 is 0 Å². The van der Waals surface area contributed by atoms with E-state index < -0.39 is 0 Å². The Balaban J connectivity index is 1.66. The van der Waals surface area contributed by atoms with E-state index in [-0.39, 0.29) is 0 Å². The molecule has 0 aromatic heterocycles. The van der Waals surface area contributed by atoms with Gasteiger partial charge in [-0.05, 0) is 70.2 Å². The lowest BCUT2D eigenvalue weighted by Gasteiger charge is -1.98. The second-order valence-corrected chi connectivity index (χ2v) is 7.03. The lowest BCUT2D eigenvalue weighted by molar-refractivity contribution is 0.964. The van der Waals surface area contributed by atoms with Gasteiger partial charge in [0, 0.05) is 0 Å². The number of rotatable bonds is 0. The second-order valence-electron chi connectivity index (χ2n) is 7.03. The summed E-state index contributed by atoms with van der Waals surface area (Å²) in [5, 5.41) is 0. The highest BCUT2D eigenvalue weighted by Crippen LogP contribution is 2.29. The van der Waals surface area contributed by atoms with Gasteiger partial charge in [0.15, 0.2) is 0 Å². The molecule has 0 spiro atoms. The Morgan fingerprint density at radius 1 is 0.333 bits per heavy atom. The monoisotopic (exact) mass is 308 g/mol. The maximum atomic E-state index is 2.36. The van der Waals surface area contributed by atoms with E-state index in [4.69, 9.17) is 0 Å². The molecule has 116 valence electrons. The Morgan fingerprint density at radius 3 is 0.958 bits per heavy atom. The molecule has 0 atom stereocenters. The Bertz CT molecular complexity index is 811. The minimum absolute atomic E-state index is 1.10. The van der Waals surface area contributed by atoms with Crippen LogP contribution < -0.4 is 0 Å². The minimum Gasteiger partial charge on any atom is -0.0584 e. The third-order valence-electron chi connectivity index (χ3n) is 5.34. The molecular formula is C24H20. The lowest BCUT2D eigenvalue weighted by Crippen LogP contribution is -1.88. The van der Waals surface area contributed by atoms with Gasteiger partial charge in [0.1, 0.15) is 0 Å². The summed E-state index contributed by atoms with van der Waals surface area (Å²) in [7, 11) is 0. The van der Waals surface area contributed by atoms with Crippen molar-refractivity contribution in [3.8, 4) is 22.3 Å². The molecule has 0 aromatic rings. The van der Waals surface area contributed by atoms with Crippen LogP contribution in [0, 0.1) is 0 Å². The van der Waals surface area contributed by atoms with Crippen molar-refractivity contribution in [3.63, 3.8) is 0 Å². The predicted octanol–water partition coefficient (Wildman–Crippen LogP) is 5.78. The van der Waals surface area contributed by atoms with Gasteiger partial charge in [-0.2, -0.15) is 0 Å². The van der Waals surface area contributed by atoms with Gasteiger partial charge in [-0.3, -0.25) is 0 Å². The SMILES string of the molecule is c1cc2cc3cc-2ccc1CCc1cc2ccc(ccc-2c1)CC3. The van der Waals surface area contributed by atoms with Crippen LogP contribution in [0.3, 0.4) is 0 Å². The first kappa shape index (κ1) is 13.8. The van der Waals surface area contributed by atoms with E-state index in [0.717, 1.165) is 25.7 Å². The van der Waals surface area contributed by atoms with Crippen molar-refractivity contribution >= 4 is 0 Å². The molecular weight excluding hydrogens is 288 g/mol. The molecule has 8 aliphatic carbocycles. The maximum absolute atomic E-state index is 2.36. The molecule has 0 saturated carbocycles. The normalized spacial score (nSPS) is 14.0. The summed E-state index contributed by atoms with van der Waals surface area (Å²) < 4.78 is 0. The van der Waals surface area contributed by atoms with Gasteiger partial charge in [-0.15, -0.1) is 0 Å². The molecule has 0 fully saturated rings. The highest BCUT2D eigenvalue weighted by atomic mass is 14.1. The summed E-state index contributed by atoms with van der Waals surface area (Å²) >= 11 is 0. The van der Waals surface area contributed by atoms with Crippen LogP contribution in [0.5, 0.6) is 0 Å². The fourth-order valence-corrected chi connectivity index (χ4v) is 3.89. The van der Waals surface area contributed by atoms with E-state index >= 15 is 0 Å². The van der Waals surface area contributed by atoms with Crippen molar-refractivity contribution < 1.29 is 0 Å².